The third-order valence-corrected chi connectivity index (χ3v) is 6.95. The van der Waals surface area contributed by atoms with Crippen LogP contribution in [0.5, 0.6) is 0 Å². The second kappa shape index (κ2) is 11.3. The summed E-state index contributed by atoms with van der Waals surface area (Å²) in [5.74, 6) is -0.515. The van der Waals surface area contributed by atoms with Gasteiger partial charge in [-0.2, -0.15) is 0 Å². The maximum atomic E-state index is 14.3. The molecule has 1 aromatic heterocycles. The van der Waals surface area contributed by atoms with Crippen molar-refractivity contribution in [2.45, 2.75) is 39.9 Å². The van der Waals surface area contributed by atoms with E-state index in [-0.39, 0.29) is 18.4 Å². The Morgan fingerprint density at radius 2 is 1.44 bits per heavy atom. The summed E-state index contributed by atoms with van der Waals surface area (Å²) < 4.78 is 1.59. The number of aromatic nitrogens is 3. The Hall–Kier alpha value is -4.78. The van der Waals surface area contributed by atoms with Gasteiger partial charge in [-0.25, -0.2) is 4.68 Å². The van der Waals surface area contributed by atoms with E-state index < -0.39 is 6.04 Å². The lowest BCUT2D eigenvalue weighted by Gasteiger charge is -2.34. The van der Waals surface area contributed by atoms with Crippen LogP contribution in [0.2, 0.25) is 0 Å². The highest BCUT2D eigenvalue weighted by Crippen LogP contribution is 2.35. The standard InChI is InChI=1S/C32H31N5O2/c1-22-12-7-8-17-26(22)31(32(39)33-20-25-15-5-4-6-16-25)37(30-23(2)13-11-14-24(30)3)29(38)21-36-28-19-10-9-18-27(28)34-35-36/h4-19,31H,20-21H2,1-3H3,(H,33,39)/t31-/m1/s1. The van der Waals surface area contributed by atoms with Crippen molar-refractivity contribution in [1.29, 1.82) is 0 Å². The number of amides is 2. The Morgan fingerprint density at radius 3 is 2.18 bits per heavy atom. The van der Waals surface area contributed by atoms with E-state index in [1.807, 2.05) is 118 Å². The number of hydrogen-bond acceptors (Lipinski definition) is 4. The van der Waals surface area contributed by atoms with Crippen LogP contribution in [0.1, 0.15) is 33.9 Å². The number of rotatable bonds is 8. The second-order valence-corrected chi connectivity index (χ2v) is 9.70. The fourth-order valence-electron chi connectivity index (χ4n) is 4.99. The number of nitrogens with zero attached hydrogens (tertiary/aromatic N) is 4. The van der Waals surface area contributed by atoms with Crippen LogP contribution in [0.25, 0.3) is 11.0 Å². The van der Waals surface area contributed by atoms with E-state index in [2.05, 4.69) is 15.6 Å². The maximum Gasteiger partial charge on any atom is 0.249 e. The van der Waals surface area contributed by atoms with Gasteiger partial charge in [0.05, 0.1) is 11.2 Å². The minimum atomic E-state index is -0.892. The molecule has 5 rings (SSSR count). The molecule has 39 heavy (non-hydrogen) atoms. The molecule has 0 aliphatic carbocycles. The molecule has 0 bridgehead atoms. The van der Waals surface area contributed by atoms with E-state index in [1.165, 1.54) is 0 Å². The summed E-state index contributed by atoms with van der Waals surface area (Å²) in [7, 11) is 0. The highest BCUT2D eigenvalue weighted by Gasteiger charge is 2.35. The molecule has 1 N–H and O–H groups in total. The van der Waals surface area contributed by atoms with E-state index in [0.29, 0.717) is 12.1 Å². The van der Waals surface area contributed by atoms with E-state index in [0.717, 1.165) is 39.0 Å². The minimum Gasteiger partial charge on any atom is -0.350 e. The number of carbonyl (C=O) groups excluding carboxylic acids is 2. The van der Waals surface area contributed by atoms with Crippen LogP contribution in [0.15, 0.2) is 97.1 Å². The number of carbonyl (C=O) groups is 2. The van der Waals surface area contributed by atoms with Crippen LogP contribution in [0.4, 0.5) is 5.69 Å². The molecule has 0 fully saturated rings. The lowest BCUT2D eigenvalue weighted by atomic mass is 9.96. The number of hydrogen-bond donors (Lipinski definition) is 1. The van der Waals surface area contributed by atoms with E-state index in [9.17, 15) is 9.59 Å². The summed E-state index contributed by atoms with van der Waals surface area (Å²) in [5, 5.41) is 11.6. The Balaban J connectivity index is 1.61. The smallest absolute Gasteiger partial charge is 0.249 e. The van der Waals surface area contributed by atoms with Gasteiger partial charge in [-0.1, -0.05) is 90.1 Å². The third-order valence-electron chi connectivity index (χ3n) is 6.95. The van der Waals surface area contributed by atoms with Gasteiger partial charge in [0, 0.05) is 6.54 Å². The molecule has 7 heteroatoms. The number of aryl methyl sites for hydroxylation is 3. The zero-order valence-electron chi connectivity index (χ0n) is 22.3. The molecular formula is C32H31N5O2. The second-order valence-electron chi connectivity index (χ2n) is 9.70. The number of fused-ring (bicyclic) bond motifs is 1. The number of anilines is 1. The molecule has 0 saturated carbocycles. The molecule has 0 spiro atoms. The lowest BCUT2D eigenvalue weighted by Crippen LogP contribution is -2.46. The van der Waals surface area contributed by atoms with E-state index in [1.54, 1.807) is 9.58 Å². The van der Waals surface area contributed by atoms with Gasteiger partial charge in [0.25, 0.3) is 0 Å². The molecule has 0 aliphatic rings. The topological polar surface area (TPSA) is 80.1 Å². The van der Waals surface area contributed by atoms with Crippen molar-refractivity contribution < 1.29 is 9.59 Å². The minimum absolute atomic E-state index is 0.0668. The molecule has 1 heterocycles. The first-order valence-electron chi connectivity index (χ1n) is 13.0. The summed E-state index contributed by atoms with van der Waals surface area (Å²) in [6, 6.07) is 30.0. The first-order chi connectivity index (χ1) is 18.9. The van der Waals surface area contributed by atoms with Crippen molar-refractivity contribution >= 4 is 28.5 Å². The first kappa shape index (κ1) is 25.9. The SMILES string of the molecule is Cc1ccccc1[C@H](C(=O)NCc1ccccc1)N(C(=O)Cn1nnc2ccccc21)c1c(C)cccc1C. The predicted octanol–water partition coefficient (Wildman–Crippen LogP) is 5.45. The van der Waals surface area contributed by atoms with Crippen molar-refractivity contribution in [3.8, 4) is 0 Å². The van der Waals surface area contributed by atoms with Crippen molar-refractivity contribution in [2.24, 2.45) is 0 Å². The van der Waals surface area contributed by atoms with Gasteiger partial charge < -0.3 is 5.32 Å². The fraction of sp³-hybridized carbons (Fsp3) is 0.188. The average molecular weight is 518 g/mol. The third kappa shape index (κ3) is 5.43. The molecular weight excluding hydrogens is 486 g/mol. The van der Waals surface area contributed by atoms with Crippen LogP contribution in [0, 0.1) is 20.8 Å². The van der Waals surface area contributed by atoms with Gasteiger partial charge in [-0.15, -0.1) is 5.10 Å². The molecule has 0 saturated heterocycles. The predicted molar refractivity (Wildman–Crippen MR) is 153 cm³/mol. The molecule has 4 aromatic carbocycles. The normalized spacial score (nSPS) is 11.8. The molecule has 5 aromatic rings. The molecule has 1 atom stereocenters. The zero-order chi connectivity index (χ0) is 27.4. The van der Waals surface area contributed by atoms with E-state index in [4.69, 9.17) is 0 Å². The Morgan fingerprint density at radius 1 is 0.795 bits per heavy atom. The highest BCUT2D eigenvalue weighted by atomic mass is 16.2. The van der Waals surface area contributed by atoms with E-state index >= 15 is 0 Å². The van der Waals surface area contributed by atoms with Gasteiger partial charge in [-0.3, -0.25) is 14.5 Å². The van der Waals surface area contributed by atoms with Crippen molar-refractivity contribution in [3.05, 3.63) is 125 Å². The molecule has 2 amide bonds. The molecule has 7 nitrogen and oxygen atoms in total. The van der Waals surface area contributed by atoms with Crippen LogP contribution in [0.3, 0.4) is 0 Å². The van der Waals surface area contributed by atoms with Crippen LogP contribution < -0.4 is 10.2 Å². The van der Waals surface area contributed by atoms with Crippen LogP contribution in [-0.2, 0) is 22.7 Å². The molecule has 0 unspecified atom stereocenters. The van der Waals surface area contributed by atoms with Crippen molar-refractivity contribution in [3.63, 3.8) is 0 Å². The van der Waals surface area contributed by atoms with Gasteiger partial charge in [0.1, 0.15) is 18.1 Å². The summed E-state index contributed by atoms with van der Waals surface area (Å²) in [6.45, 7) is 6.17. The number of para-hydroxylation sites is 2. The first-order valence-corrected chi connectivity index (χ1v) is 13.0. The van der Waals surface area contributed by atoms with Gasteiger partial charge in [0.2, 0.25) is 11.8 Å². The van der Waals surface area contributed by atoms with Crippen LogP contribution in [-0.4, -0.2) is 26.8 Å². The molecule has 0 aliphatic heterocycles. The van der Waals surface area contributed by atoms with Gasteiger partial charge in [-0.05, 0) is 60.7 Å². The monoisotopic (exact) mass is 517 g/mol. The Kier molecular flexibility index (Phi) is 7.50. The zero-order valence-corrected chi connectivity index (χ0v) is 22.3. The highest BCUT2D eigenvalue weighted by molar-refractivity contribution is 6.02. The van der Waals surface area contributed by atoms with Crippen LogP contribution >= 0.6 is 0 Å². The number of nitrogens with one attached hydrogen (secondary N) is 1. The largest absolute Gasteiger partial charge is 0.350 e. The summed E-state index contributed by atoms with van der Waals surface area (Å²) >= 11 is 0. The number of benzene rings is 4. The average Bonchev–Trinajstić information content (AvgIpc) is 3.35. The van der Waals surface area contributed by atoms with Crippen molar-refractivity contribution in [1.82, 2.24) is 20.3 Å². The van der Waals surface area contributed by atoms with Gasteiger partial charge in [0.15, 0.2) is 0 Å². The lowest BCUT2D eigenvalue weighted by molar-refractivity contribution is -0.127. The summed E-state index contributed by atoms with van der Waals surface area (Å²) in [4.78, 5) is 30.0. The Bertz CT molecular complexity index is 1610. The molecule has 0 radical (unpaired) electrons. The summed E-state index contributed by atoms with van der Waals surface area (Å²) in [6.07, 6.45) is 0. The van der Waals surface area contributed by atoms with Gasteiger partial charge >= 0.3 is 0 Å². The Labute approximate surface area is 228 Å². The quantitative estimate of drug-likeness (QED) is 0.297. The maximum absolute atomic E-state index is 14.3. The fourth-order valence-corrected chi connectivity index (χ4v) is 4.99. The van der Waals surface area contributed by atoms with Crippen molar-refractivity contribution in [2.75, 3.05) is 4.90 Å². The summed E-state index contributed by atoms with van der Waals surface area (Å²) in [5.41, 5.74) is 6.66. The molecule has 196 valence electrons.